The molecule has 1 unspecified atom stereocenters. The minimum Gasteiger partial charge on any atom is -0.491 e. The van der Waals surface area contributed by atoms with Crippen LogP contribution in [0.1, 0.15) is 49.7 Å². The smallest absolute Gasteiger partial charge is 0.304 e. The zero-order chi connectivity index (χ0) is 18.7. The van der Waals surface area contributed by atoms with E-state index < -0.39 is 5.97 Å². The van der Waals surface area contributed by atoms with E-state index in [0.29, 0.717) is 19.8 Å². The maximum absolute atomic E-state index is 10.8. The van der Waals surface area contributed by atoms with E-state index in [4.69, 9.17) is 19.3 Å². The lowest BCUT2D eigenvalue weighted by atomic mass is 9.83. The summed E-state index contributed by atoms with van der Waals surface area (Å²) in [5.41, 5.74) is 2.29. The van der Waals surface area contributed by atoms with Crippen LogP contribution in [0, 0.1) is 0 Å². The standard InChI is InChI=1S/C21H29NO5/c23-20(24)6-9-22-10-7-21(8-11-22)19-5-4-17(13-16(19)14-27-21)26-15-18-3-1-2-12-25-18/h4-5,13,18H,1-3,6-12,14-15H2,(H,23,24). The summed E-state index contributed by atoms with van der Waals surface area (Å²) >= 11 is 0. The number of hydrogen-bond acceptors (Lipinski definition) is 5. The molecule has 1 N–H and O–H groups in total. The number of benzene rings is 1. The number of fused-ring (bicyclic) bond motifs is 2. The Morgan fingerprint density at radius 2 is 2.15 bits per heavy atom. The predicted molar refractivity (Wildman–Crippen MR) is 99.9 cm³/mol. The van der Waals surface area contributed by atoms with Crippen LogP contribution in [0.15, 0.2) is 18.2 Å². The number of aliphatic carboxylic acids is 1. The molecule has 1 aromatic carbocycles. The zero-order valence-electron chi connectivity index (χ0n) is 15.8. The number of hydrogen-bond donors (Lipinski definition) is 1. The molecule has 0 radical (unpaired) electrons. The molecule has 1 aromatic rings. The molecule has 3 aliphatic rings. The molecular formula is C21H29NO5. The molecule has 27 heavy (non-hydrogen) atoms. The fourth-order valence-corrected chi connectivity index (χ4v) is 4.45. The van der Waals surface area contributed by atoms with Crippen molar-refractivity contribution in [2.75, 3.05) is 32.8 Å². The van der Waals surface area contributed by atoms with Gasteiger partial charge in [0.15, 0.2) is 0 Å². The summed E-state index contributed by atoms with van der Waals surface area (Å²) in [5.74, 6) is 0.159. The van der Waals surface area contributed by atoms with Crippen molar-refractivity contribution in [1.29, 1.82) is 0 Å². The van der Waals surface area contributed by atoms with Crippen LogP contribution in [0.25, 0.3) is 0 Å². The first kappa shape index (κ1) is 18.7. The Bertz CT molecular complexity index is 663. The summed E-state index contributed by atoms with van der Waals surface area (Å²) in [6.07, 6.45) is 5.70. The molecule has 1 atom stereocenters. The van der Waals surface area contributed by atoms with Crippen LogP contribution in [-0.4, -0.2) is 54.9 Å². The van der Waals surface area contributed by atoms with Crippen molar-refractivity contribution in [1.82, 2.24) is 4.90 Å². The van der Waals surface area contributed by atoms with Gasteiger partial charge in [-0.1, -0.05) is 6.07 Å². The first-order valence-electron chi connectivity index (χ1n) is 10.1. The average Bonchev–Trinajstić information content (AvgIpc) is 3.04. The molecule has 3 aliphatic heterocycles. The molecule has 148 valence electrons. The van der Waals surface area contributed by atoms with Crippen molar-refractivity contribution in [3.63, 3.8) is 0 Å². The normalized spacial score (nSPS) is 24.7. The number of likely N-dealkylation sites (tertiary alicyclic amines) is 1. The third kappa shape index (κ3) is 4.28. The summed E-state index contributed by atoms with van der Waals surface area (Å²) in [7, 11) is 0. The molecule has 0 aliphatic carbocycles. The third-order valence-corrected chi connectivity index (χ3v) is 6.09. The van der Waals surface area contributed by atoms with E-state index in [1.807, 2.05) is 0 Å². The number of carboxylic acids is 1. The van der Waals surface area contributed by atoms with Gasteiger partial charge in [-0.2, -0.15) is 0 Å². The van der Waals surface area contributed by atoms with Crippen molar-refractivity contribution < 1.29 is 24.1 Å². The highest BCUT2D eigenvalue weighted by Gasteiger charge is 2.42. The molecule has 3 heterocycles. The van der Waals surface area contributed by atoms with Crippen LogP contribution < -0.4 is 4.74 Å². The first-order valence-corrected chi connectivity index (χ1v) is 10.1. The predicted octanol–water partition coefficient (Wildman–Crippen LogP) is 2.93. The molecule has 4 rings (SSSR count). The van der Waals surface area contributed by atoms with Gasteiger partial charge in [-0.05, 0) is 55.4 Å². The van der Waals surface area contributed by atoms with E-state index in [-0.39, 0.29) is 18.1 Å². The molecular weight excluding hydrogens is 346 g/mol. The van der Waals surface area contributed by atoms with Crippen molar-refractivity contribution in [2.45, 2.75) is 56.8 Å². The summed E-state index contributed by atoms with van der Waals surface area (Å²) < 4.78 is 18.0. The Morgan fingerprint density at radius 3 is 2.89 bits per heavy atom. The van der Waals surface area contributed by atoms with Crippen LogP contribution in [0.4, 0.5) is 0 Å². The molecule has 1 spiro atoms. The van der Waals surface area contributed by atoms with E-state index in [1.54, 1.807) is 0 Å². The lowest BCUT2D eigenvalue weighted by Crippen LogP contribution is -2.43. The number of carboxylic acid groups (broad SMARTS) is 1. The van der Waals surface area contributed by atoms with Crippen LogP contribution in [0.3, 0.4) is 0 Å². The fourth-order valence-electron chi connectivity index (χ4n) is 4.45. The van der Waals surface area contributed by atoms with Gasteiger partial charge in [-0.3, -0.25) is 4.79 Å². The quantitative estimate of drug-likeness (QED) is 0.825. The lowest BCUT2D eigenvalue weighted by Gasteiger charge is -2.39. The maximum Gasteiger partial charge on any atom is 0.304 e. The number of carbonyl (C=O) groups is 1. The van der Waals surface area contributed by atoms with E-state index in [1.165, 1.54) is 17.5 Å². The van der Waals surface area contributed by atoms with Gasteiger partial charge in [0.25, 0.3) is 0 Å². The van der Waals surface area contributed by atoms with Gasteiger partial charge in [0.05, 0.1) is 24.7 Å². The van der Waals surface area contributed by atoms with Crippen LogP contribution in [0.2, 0.25) is 0 Å². The highest BCUT2D eigenvalue weighted by molar-refractivity contribution is 5.66. The highest BCUT2D eigenvalue weighted by Crippen LogP contribution is 2.45. The highest BCUT2D eigenvalue weighted by atomic mass is 16.5. The van der Waals surface area contributed by atoms with Crippen molar-refractivity contribution in [2.24, 2.45) is 0 Å². The van der Waals surface area contributed by atoms with Gasteiger partial charge in [0.2, 0.25) is 0 Å². The summed E-state index contributed by atoms with van der Waals surface area (Å²) in [5, 5.41) is 8.86. The Kier molecular flexibility index (Phi) is 5.66. The minimum absolute atomic E-state index is 0.204. The molecule has 6 nitrogen and oxygen atoms in total. The van der Waals surface area contributed by atoms with Crippen LogP contribution in [0.5, 0.6) is 5.75 Å². The van der Waals surface area contributed by atoms with Gasteiger partial charge in [0, 0.05) is 26.2 Å². The van der Waals surface area contributed by atoms with Gasteiger partial charge in [-0.15, -0.1) is 0 Å². The molecule has 2 saturated heterocycles. The van der Waals surface area contributed by atoms with Crippen LogP contribution >= 0.6 is 0 Å². The molecule has 0 amide bonds. The Balaban J connectivity index is 1.35. The van der Waals surface area contributed by atoms with Gasteiger partial charge >= 0.3 is 5.97 Å². The zero-order valence-corrected chi connectivity index (χ0v) is 15.8. The minimum atomic E-state index is -0.732. The van der Waals surface area contributed by atoms with Crippen molar-refractivity contribution >= 4 is 5.97 Å². The molecule has 0 bridgehead atoms. The number of ether oxygens (including phenoxy) is 3. The molecule has 0 aromatic heterocycles. The lowest BCUT2D eigenvalue weighted by molar-refractivity contribution is -0.137. The van der Waals surface area contributed by atoms with E-state index in [2.05, 4.69) is 23.1 Å². The summed E-state index contributed by atoms with van der Waals surface area (Å²) in [6, 6.07) is 6.32. The van der Waals surface area contributed by atoms with E-state index in [0.717, 1.165) is 51.1 Å². The monoisotopic (exact) mass is 375 g/mol. The van der Waals surface area contributed by atoms with Crippen LogP contribution in [-0.2, 0) is 26.5 Å². The molecule has 0 saturated carbocycles. The largest absolute Gasteiger partial charge is 0.491 e. The number of rotatable bonds is 6. The maximum atomic E-state index is 10.8. The second-order valence-corrected chi connectivity index (χ2v) is 7.89. The second-order valence-electron chi connectivity index (χ2n) is 7.89. The molecule has 2 fully saturated rings. The SMILES string of the molecule is O=C(O)CCN1CCC2(CC1)OCc1cc(OCC3CCCCO3)ccc12. The Hall–Kier alpha value is -1.63. The summed E-state index contributed by atoms with van der Waals surface area (Å²) in [6.45, 7) is 4.46. The van der Waals surface area contributed by atoms with E-state index >= 15 is 0 Å². The average molecular weight is 375 g/mol. The van der Waals surface area contributed by atoms with Gasteiger partial charge in [0.1, 0.15) is 12.4 Å². The number of piperidine rings is 1. The third-order valence-electron chi connectivity index (χ3n) is 6.09. The fraction of sp³-hybridized carbons (Fsp3) is 0.667. The van der Waals surface area contributed by atoms with Gasteiger partial charge in [-0.25, -0.2) is 0 Å². The number of nitrogens with zero attached hydrogens (tertiary/aromatic N) is 1. The summed E-state index contributed by atoms with van der Waals surface area (Å²) in [4.78, 5) is 13.0. The molecule has 6 heteroatoms. The second kappa shape index (κ2) is 8.17. The topological polar surface area (TPSA) is 68.2 Å². The first-order chi connectivity index (χ1) is 13.1. The van der Waals surface area contributed by atoms with Crippen molar-refractivity contribution in [3.05, 3.63) is 29.3 Å². The Labute approximate surface area is 160 Å². The van der Waals surface area contributed by atoms with Gasteiger partial charge < -0.3 is 24.2 Å². The Morgan fingerprint density at radius 1 is 1.30 bits per heavy atom. The van der Waals surface area contributed by atoms with Crippen molar-refractivity contribution in [3.8, 4) is 5.75 Å². The van der Waals surface area contributed by atoms with E-state index in [9.17, 15) is 4.79 Å².